The second kappa shape index (κ2) is 4.60. The molecule has 0 fully saturated rings. The van der Waals surface area contributed by atoms with Crippen LogP contribution in [0.3, 0.4) is 0 Å². The van der Waals surface area contributed by atoms with Crippen molar-refractivity contribution in [1.29, 1.82) is 0 Å². The molecule has 0 bridgehead atoms. The Kier molecular flexibility index (Phi) is 3.45. The summed E-state index contributed by atoms with van der Waals surface area (Å²) < 4.78 is 13.1. The number of carboxylic acid groups (broad SMARTS) is 1. The van der Waals surface area contributed by atoms with Crippen LogP contribution in [0.25, 0.3) is 0 Å². The molecule has 0 aliphatic rings. The second-order valence-electron chi connectivity index (χ2n) is 2.92. The quantitative estimate of drug-likeness (QED) is 0.777. The third-order valence-corrected chi connectivity index (χ3v) is 1.91. The van der Waals surface area contributed by atoms with Gasteiger partial charge in [0.1, 0.15) is 11.9 Å². The molecule has 1 aromatic carbocycles. The van der Waals surface area contributed by atoms with Crippen molar-refractivity contribution < 1.29 is 14.3 Å². The number of rotatable bonds is 4. The molecule has 0 aliphatic heterocycles. The smallest absolute Gasteiger partial charge is 0.326 e. The van der Waals surface area contributed by atoms with Gasteiger partial charge in [-0.25, -0.2) is 9.18 Å². The van der Waals surface area contributed by atoms with E-state index >= 15 is 0 Å². The number of anilines is 1. The van der Waals surface area contributed by atoms with Crippen LogP contribution in [0.15, 0.2) is 24.3 Å². The Morgan fingerprint density at radius 3 is 2.71 bits per heavy atom. The summed E-state index contributed by atoms with van der Waals surface area (Å²) in [6.45, 7) is 1.73. The van der Waals surface area contributed by atoms with Gasteiger partial charge in [-0.3, -0.25) is 0 Å². The Balaban J connectivity index is 2.77. The minimum Gasteiger partial charge on any atom is -0.480 e. The molecule has 3 nitrogen and oxygen atoms in total. The summed E-state index contributed by atoms with van der Waals surface area (Å²) in [5.41, 5.74) is 0.224. The standard InChI is InChI=1S/C10H12FNO2/c1-2-8(10(13)14)12-9-6-4-3-5-7(9)11/h3-6,8,12H,2H2,1H3,(H,13,14). The number of carboxylic acids is 1. The lowest BCUT2D eigenvalue weighted by Crippen LogP contribution is -2.28. The number of aliphatic carboxylic acids is 1. The van der Waals surface area contributed by atoms with E-state index < -0.39 is 17.8 Å². The van der Waals surface area contributed by atoms with E-state index in [-0.39, 0.29) is 5.69 Å². The Labute approximate surface area is 81.6 Å². The van der Waals surface area contributed by atoms with Crippen molar-refractivity contribution in [3.8, 4) is 0 Å². The summed E-state index contributed by atoms with van der Waals surface area (Å²) >= 11 is 0. The highest BCUT2D eigenvalue weighted by molar-refractivity contribution is 5.77. The Hall–Kier alpha value is -1.58. The highest BCUT2D eigenvalue weighted by atomic mass is 19.1. The van der Waals surface area contributed by atoms with Gasteiger partial charge in [0, 0.05) is 0 Å². The maximum absolute atomic E-state index is 13.1. The first-order valence-electron chi connectivity index (χ1n) is 4.39. The van der Waals surface area contributed by atoms with Crippen molar-refractivity contribution in [2.24, 2.45) is 0 Å². The second-order valence-corrected chi connectivity index (χ2v) is 2.92. The molecule has 14 heavy (non-hydrogen) atoms. The molecule has 76 valence electrons. The first-order valence-corrected chi connectivity index (χ1v) is 4.39. The summed E-state index contributed by atoms with van der Waals surface area (Å²) in [5, 5.41) is 11.4. The highest BCUT2D eigenvalue weighted by Gasteiger charge is 2.15. The molecule has 0 amide bonds. The Bertz CT molecular complexity index is 328. The molecule has 1 atom stereocenters. The SMILES string of the molecule is CCC(Nc1ccccc1F)C(=O)O. The molecule has 0 heterocycles. The van der Waals surface area contributed by atoms with Crippen LogP contribution < -0.4 is 5.32 Å². The van der Waals surface area contributed by atoms with Crippen LogP contribution in [0.1, 0.15) is 13.3 Å². The maximum atomic E-state index is 13.1. The normalized spacial score (nSPS) is 12.1. The van der Waals surface area contributed by atoms with E-state index in [1.165, 1.54) is 12.1 Å². The number of benzene rings is 1. The van der Waals surface area contributed by atoms with Gasteiger partial charge < -0.3 is 10.4 Å². The lowest BCUT2D eigenvalue weighted by molar-refractivity contribution is -0.137. The van der Waals surface area contributed by atoms with Gasteiger partial charge in [0.15, 0.2) is 0 Å². The summed E-state index contributed by atoms with van der Waals surface area (Å²) in [6.07, 6.45) is 0.406. The summed E-state index contributed by atoms with van der Waals surface area (Å²) in [5.74, 6) is -1.41. The van der Waals surface area contributed by atoms with Crippen molar-refractivity contribution in [3.05, 3.63) is 30.1 Å². The fraction of sp³-hybridized carbons (Fsp3) is 0.300. The van der Waals surface area contributed by atoms with E-state index in [4.69, 9.17) is 5.11 Å². The van der Waals surface area contributed by atoms with Crippen molar-refractivity contribution >= 4 is 11.7 Å². The fourth-order valence-electron chi connectivity index (χ4n) is 1.10. The van der Waals surface area contributed by atoms with Crippen LogP contribution in [0, 0.1) is 5.82 Å². The van der Waals surface area contributed by atoms with Crippen molar-refractivity contribution in [3.63, 3.8) is 0 Å². The zero-order chi connectivity index (χ0) is 10.6. The maximum Gasteiger partial charge on any atom is 0.326 e. The molecule has 2 N–H and O–H groups in total. The average Bonchev–Trinajstić information content (AvgIpc) is 2.16. The summed E-state index contributed by atoms with van der Waals surface area (Å²) in [4.78, 5) is 10.7. The van der Waals surface area contributed by atoms with E-state index in [9.17, 15) is 9.18 Å². The van der Waals surface area contributed by atoms with E-state index in [1.54, 1.807) is 19.1 Å². The molecule has 0 saturated carbocycles. The monoisotopic (exact) mass is 197 g/mol. The lowest BCUT2D eigenvalue weighted by Gasteiger charge is -2.13. The van der Waals surface area contributed by atoms with Crippen LogP contribution in [0.2, 0.25) is 0 Å². The number of para-hydroxylation sites is 1. The predicted molar refractivity (Wildman–Crippen MR) is 51.7 cm³/mol. The van der Waals surface area contributed by atoms with Gasteiger partial charge in [0.05, 0.1) is 5.69 Å². The topological polar surface area (TPSA) is 49.3 Å². The van der Waals surface area contributed by atoms with Gasteiger partial charge in [-0.1, -0.05) is 19.1 Å². The van der Waals surface area contributed by atoms with Gasteiger partial charge in [0.25, 0.3) is 0 Å². The molecule has 0 aliphatic carbocycles. The van der Waals surface area contributed by atoms with E-state index in [0.717, 1.165) is 0 Å². The van der Waals surface area contributed by atoms with Crippen LogP contribution in [0.4, 0.5) is 10.1 Å². The predicted octanol–water partition coefficient (Wildman–Crippen LogP) is 2.10. The molecule has 1 unspecified atom stereocenters. The van der Waals surface area contributed by atoms with Gasteiger partial charge in [-0.2, -0.15) is 0 Å². The summed E-state index contributed by atoms with van der Waals surface area (Å²) in [6, 6.07) is 5.27. The molecule has 0 spiro atoms. The van der Waals surface area contributed by atoms with E-state index in [2.05, 4.69) is 5.32 Å². The summed E-state index contributed by atoms with van der Waals surface area (Å²) in [7, 11) is 0. The van der Waals surface area contributed by atoms with E-state index in [0.29, 0.717) is 6.42 Å². The van der Waals surface area contributed by atoms with Crippen molar-refractivity contribution in [1.82, 2.24) is 0 Å². The third kappa shape index (κ3) is 2.45. The van der Waals surface area contributed by atoms with Crippen LogP contribution in [0.5, 0.6) is 0 Å². The largest absolute Gasteiger partial charge is 0.480 e. The number of halogens is 1. The van der Waals surface area contributed by atoms with Crippen molar-refractivity contribution in [2.75, 3.05) is 5.32 Å². The zero-order valence-electron chi connectivity index (χ0n) is 7.83. The number of nitrogens with one attached hydrogen (secondary N) is 1. The molecule has 1 aromatic rings. The Morgan fingerprint density at radius 2 is 2.21 bits per heavy atom. The highest BCUT2D eigenvalue weighted by Crippen LogP contribution is 2.14. The average molecular weight is 197 g/mol. The van der Waals surface area contributed by atoms with Gasteiger partial charge in [-0.05, 0) is 18.6 Å². The van der Waals surface area contributed by atoms with Crippen LogP contribution >= 0.6 is 0 Å². The number of carbonyl (C=O) groups is 1. The van der Waals surface area contributed by atoms with Crippen molar-refractivity contribution in [2.45, 2.75) is 19.4 Å². The zero-order valence-corrected chi connectivity index (χ0v) is 7.83. The van der Waals surface area contributed by atoms with Gasteiger partial charge in [0.2, 0.25) is 0 Å². The van der Waals surface area contributed by atoms with Crippen LogP contribution in [-0.4, -0.2) is 17.1 Å². The molecular weight excluding hydrogens is 185 g/mol. The molecule has 4 heteroatoms. The minimum atomic E-state index is -0.976. The lowest BCUT2D eigenvalue weighted by atomic mass is 10.2. The van der Waals surface area contributed by atoms with E-state index in [1.807, 2.05) is 0 Å². The third-order valence-electron chi connectivity index (χ3n) is 1.91. The van der Waals surface area contributed by atoms with Gasteiger partial charge in [-0.15, -0.1) is 0 Å². The van der Waals surface area contributed by atoms with Gasteiger partial charge >= 0.3 is 5.97 Å². The molecule has 1 rings (SSSR count). The first kappa shape index (κ1) is 10.5. The fourth-order valence-corrected chi connectivity index (χ4v) is 1.10. The molecule has 0 radical (unpaired) electrons. The van der Waals surface area contributed by atoms with Crippen LogP contribution in [-0.2, 0) is 4.79 Å². The Morgan fingerprint density at radius 1 is 1.57 bits per heavy atom. The number of hydrogen-bond acceptors (Lipinski definition) is 2. The minimum absolute atomic E-state index is 0.224. The molecule has 0 saturated heterocycles. The molecular formula is C10H12FNO2. The number of hydrogen-bond donors (Lipinski definition) is 2. The molecule has 0 aromatic heterocycles. The first-order chi connectivity index (χ1) is 6.65.